The summed E-state index contributed by atoms with van der Waals surface area (Å²) in [7, 11) is -3.89. The Kier molecular flexibility index (Phi) is 8.48. The average Bonchev–Trinajstić information content (AvgIpc) is 3.41. The molecule has 1 aliphatic rings. The predicted octanol–water partition coefficient (Wildman–Crippen LogP) is 4.10. The Morgan fingerprint density at radius 1 is 1.03 bits per heavy atom. The fraction of sp³-hybridized carbons (Fsp3) is 0.310. The van der Waals surface area contributed by atoms with Crippen molar-refractivity contribution in [2.45, 2.75) is 56.2 Å². The molecule has 1 saturated heterocycles. The van der Waals surface area contributed by atoms with Crippen molar-refractivity contribution in [3.63, 3.8) is 0 Å². The molecule has 0 aliphatic carbocycles. The number of benzene rings is 3. The Morgan fingerprint density at radius 2 is 1.68 bits per heavy atom. The van der Waals surface area contributed by atoms with Gasteiger partial charge >= 0.3 is 5.97 Å². The van der Waals surface area contributed by atoms with Gasteiger partial charge in [-0.15, -0.1) is 0 Å². The summed E-state index contributed by atoms with van der Waals surface area (Å²) in [6, 6.07) is 21.1. The van der Waals surface area contributed by atoms with Crippen LogP contribution in [0.15, 0.2) is 83.8 Å². The maximum Gasteiger partial charge on any atom is 0.326 e. The van der Waals surface area contributed by atoms with E-state index in [-0.39, 0.29) is 24.0 Å². The molecular weight excluding hydrogens is 504 g/mol. The summed E-state index contributed by atoms with van der Waals surface area (Å²) in [6.07, 6.45) is 0.741. The first-order chi connectivity index (χ1) is 18.1. The van der Waals surface area contributed by atoms with Crippen LogP contribution in [0.5, 0.6) is 5.75 Å². The van der Waals surface area contributed by atoms with Crippen molar-refractivity contribution in [3.8, 4) is 5.75 Å². The Morgan fingerprint density at radius 3 is 2.32 bits per heavy atom. The number of hydrogen-bond donors (Lipinski definition) is 2. The highest BCUT2D eigenvalue weighted by atomic mass is 32.2. The molecule has 9 heteroatoms. The van der Waals surface area contributed by atoms with Crippen molar-refractivity contribution in [2.75, 3.05) is 6.54 Å². The number of ether oxygens (including phenoxy) is 1. The molecule has 0 radical (unpaired) electrons. The Labute approximate surface area is 223 Å². The Hall–Kier alpha value is -3.69. The lowest BCUT2D eigenvalue weighted by Gasteiger charge is -2.25. The zero-order valence-electron chi connectivity index (χ0n) is 21.4. The fourth-order valence-electron chi connectivity index (χ4n) is 4.54. The lowest BCUT2D eigenvalue weighted by Crippen LogP contribution is -2.51. The molecular formula is C29H32N2O6S. The van der Waals surface area contributed by atoms with Gasteiger partial charge in [-0.1, -0.05) is 60.2 Å². The van der Waals surface area contributed by atoms with E-state index in [9.17, 15) is 23.1 Å². The predicted molar refractivity (Wildman–Crippen MR) is 143 cm³/mol. The largest absolute Gasteiger partial charge is 0.486 e. The molecule has 1 heterocycles. The van der Waals surface area contributed by atoms with E-state index in [1.165, 1.54) is 16.4 Å². The molecule has 0 bridgehead atoms. The summed E-state index contributed by atoms with van der Waals surface area (Å²) in [6.45, 7) is 4.01. The number of carboxylic acids is 1. The molecule has 4 rings (SSSR count). The van der Waals surface area contributed by atoms with Crippen LogP contribution in [0.1, 0.15) is 42.6 Å². The van der Waals surface area contributed by atoms with Gasteiger partial charge in [0.05, 0.1) is 4.90 Å². The number of nitrogens with one attached hydrogen (secondary N) is 1. The number of hydrogen-bond acceptors (Lipinski definition) is 5. The standard InChI is InChI=1S/C29H32N2O6S/c1-20-10-16-25(17-11-20)38(35,36)31-18-6-9-27(31)28(32)30-26(29(33)34)19-22-12-14-24(15-13-22)37-21(2)23-7-4-3-5-8-23/h3-5,7-8,10-17,21,26-27H,6,9,18-19H2,1-2H3,(H,30,32)(H,33,34)/t21?,26-,27-/m0/s1. The van der Waals surface area contributed by atoms with E-state index in [0.717, 1.165) is 11.1 Å². The number of carbonyl (C=O) groups is 2. The summed E-state index contributed by atoms with van der Waals surface area (Å²) in [5.41, 5.74) is 2.66. The van der Waals surface area contributed by atoms with Gasteiger partial charge in [-0.05, 0) is 62.1 Å². The van der Waals surface area contributed by atoms with Crippen molar-refractivity contribution in [2.24, 2.45) is 0 Å². The average molecular weight is 537 g/mol. The molecule has 0 saturated carbocycles. The number of aryl methyl sites for hydroxylation is 1. The molecule has 1 aliphatic heterocycles. The zero-order chi connectivity index (χ0) is 27.3. The number of carbonyl (C=O) groups excluding carboxylic acids is 1. The lowest BCUT2D eigenvalue weighted by molar-refractivity contribution is -0.142. The van der Waals surface area contributed by atoms with E-state index in [4.69, 9.17) is 4.74 Å². The molecule has 2 N–H and O–H groups in total. The first-order valence-electron chi connectivity index (χ1n) is 12.6. The lowest BCUT2D eigenvalue weighted by atomic mass is 10.0. The SMILES string of the molecule is Cc1ccc(S(=O)(=O)N2CCC[C@H]2C(=O)N[C@@H](Cc2ccc(OC(C)c3ccccc3)cc2)C(=O)O)cc1. The van der Waals surface area contributed by atoms with Crippen LogP contribution in [-0.2, 0) is 26.0 Å². The minimum absolute atomic E-state index is 0.0486. The highest BCUT2D eigenvalue weighted by Gasteiger charge is 2.40. The third-order valence-electron chi connectivity index (χ3n) is 6.69. The van der Waals surface area contributed by atoms with E-state index in [1.807, 2.05) is 44.2 Å². The van der Waals surface area contributed by atoms with Gasteiger partial charge in [-0.25, -0.2) is 13.2 Å². The highest BCUT2D eigenvalue weighted by Crippen LogP contribution is 2.27. The van der Waals surface area contributed by atoms with Crippen LogP contribution < -0.4 is 10.1 Å². The van der Waals surface area contributed by atoms with Crippen molar-refractivity contribution in [1.82, 2.24) is 9.62 Å². The smallest absolute Gasteiger partial charge is 0.326 e. The fourth-order valence-corrected chi connectivity index (χ4v) is 6.20. The van der Waals surface area contributed by atoms with Crippen molar-refractivity contribution in [3.05, 3.63) is 95.6 Å². The minimum Gasteiger partial charge on any atom is -0.486 e. The van der Waals surface area contributed by atoms with Gasteiger partial charge in [0.1, 0.15) is 23.9 Å². The maximum atomic E-state index is 13.2. The van der Waals surface area contributed by atoms with Crippen LogP contribution in [0, 0.1) is 6.92 Å². The van der Waals surface area contributed by atoms with E-state index in [1.54, 1.807) is 36.4 Å². The van der Waals surface area contributed by atoms with Crippen molar-refractivity contribution in [1.29, 1.82) is 0 Å². The van der Waals surface area contributed by atoms with Crippen LogP contribution in [-0.4, -0.2) is 48.3 Å². The summed E-state index contributed by atoms with van der Waals surface area (Å²) in [4.78, 5) is 25.2. The molecule has 0 aromatic heterocycles. The third-order valence-corrected chi connectivity index (χ3v) is 8.62. The number of amides is 1. The third kappa shape index (κ3) is 6.41. The number of rotatable bonds is 10. The summed E-state index contributed by atoms with van der Waals surface area (Å²) < 4.78 is 33.5. The molecule has 3 atom stereocenters. The van der Waals surface area contributed by atoms with Crippen LogP contribution in [0.4, 0.5) is 0 Å². The van der Waals surface area contributed by atoms with Gasteiger partial charge in [0, 0.05) is 13.0 Å². The minimum atomic E-state index is -3.89. The second kappa shape index (κ2) is 11.8. The maximum absolute atomic E-state index is 13.2. The van der Waals surface area contributed by atoms with Gasteiger partial charge < -0.3 is 15.2 Å². The summed E-state index contributed by atoms with van der Waals surface area (Å²) in [5, 5.41) is 12.3. The van der Waals surface area contributed by atoms with Gasteiger partial charge in [-0.3, -0.25) is 4.79 Å². The normalized spacial score (nSPS) is 17.5. The van der Waals surface area contributed by atoms with Crippen LogP contribution in [0.2, 0.25) is 0 Å². The van der Waals surface area contributed by atoms with E-state index >= 15 is 0 Å². The van der Waals surface area contributed by atoms with Crippen molar-refractivity contribution < 1.29 is 27.9 Å². The van der Waals surface area contributed by atoms with E-state index in [2.05, 4.69) is 5.32 Å². The molecule has 1 unspecified atom stereocenters. The van der Waals surface area contributed by atoms with Crippen LogP contribution >= 0.6 is 0 Å². The molecule has 1 amide bonds. The summed E-state index contributed by atoms with van der Waals surface area (Å²) >= 11 is 0. The first-order valence-corrected chi connectivity index (χ1v) is 14.0. The zero-order valence-corrected chi connectivity index (χ0v) is 22.2. The summed E-state index contributed by atoms with van der Waals surface area (Å²) in [5.74, 6) is -1.16. The molecule has 3 aromatic rings. The topological polar surface area (TPSA) is 113 Å². The van der Waals surface area contributed by atoms with Gasteiger partial charge in [0.25, 0.3) is 0 Å². The quantitative estimate of drug-likeness (QED) is 0.403. The Balaban J connectivity index is 1.41. The second-order valence-corrected chi connectivity index (χ2v) is 11.4. The van der Waals surface area contributed by atoms with Gasteiger partial charge in [0.2, 0.25) is 15.9 Å². The monoisotopic (exact) mass is 536 g/mol. The van der Waals surface area contributed by atoms with E-state index < -0.39 is 34.0 Å². The molecule has 200 valence electrons. The van der Waals surface area contributed by atoms with Gasteiger partial charge in [0.15, 0.2) is 0 Å². The van der Waals surface area contributed by atoms with E-state index in [0.29, 0.717) is 24.2 Å². The number of aliphatic carboxylic acids is 1. The molecule has 1 fully saturated rings. The van der Waals surface area contributed by atoms with Gasteiger partial charge in [-0.2, -0.15) is 4.31 Å². The van der Waals surface area contributed by atoms with Crippen LogP contribution in [0.3, 0.4) is 0 Å². The number of nitrogens with zero attached hydrogens (tertiary/aromatic N) is 1. The molecule has 8 nitrogen and oxygen atoms in total. The highest BCUT2D eigenvalue weighted by molar-refractivity contribution is 7.89. The molecule has 3 aromatic carbocycles. The first kappa shape index (κ1) is 27.3. The molecule has 0 spiro atoms. The number of carboxylic acid groups (broad SMARTS) is 1. The number of sulfonamides is 1. The molecule has 38 heavy (non-hydrogen) atoms. The van der Waals surface area contributed by atoms with Crippen molar-refractivity contribution >= 4 is 21.9 Å². The Bertz CT molecular complexity index is 1360. The van der Waals surface area contributed by atoms with Crippen LogP contribution in [0.25, 0.3) is 0 Å². The second-order valence-electron chi connectivity index (χ2n) is 9.51.